The molecule has 15 heavy (non-hydrogen) atoms. The third kappa shape index (κ3) is 1.60. The van der Waals surface area contributed by atoms with E-state index in [9.17, 15) is 9.59 Å². The van der Waals surface area contributed by atoms with Gasteiger partial charge in [-0.2, -0.15) is 0 Å². The van der Waals surface area contributed by atoms with Crippen molar-refractivity contribution in [3.8, 4) is 0 Å². The molecule has 3 heteroatoms. The Kier molecular flexibility index (Phi) is 2.63. The summed E-state index contributed by atoms with van der Waals surface area (Å²) in [5.41, 5.74) is -0.405. The van der Waals surface area contributed by atoms with Gasteiger partial charge in [-0.15, -0.1) is 0 Å². The van der Waals surface area contributed by atoms with E-state index in [1.54, 1.807) is 0 Å². The van der Waals surface area contributed by atoms with Crippen molar-refractivity contribution in [3.05, 3.63) is 12.2 Å². The predicted octanol–water partition coefficient (Wildman–Crippen LogP) is 1.86. The fourth-order valence-electron chi connectivity index (χ4n) is 2.83. The minimum Gasteiger partial charge on any atom is -0.469 e. The number of hydrogen-bond donors (Lipinski definition) is 0. The molecule has 0 aromatic heterocycles. The first-order valence-corrected chi connectivity index (χ1v) is 5.44. The molecule has 0 aromatic carbocycles. The van der Waals surface area contributed by atoms with Gasteiger partial charge in [-0.05, 0) is 25.2 Å². The summed E-state index contributed by atoms with van der Waals surface area (Å²) in [6, 6.07) is 0. The highest BCUT2D eigenvalue weighted by atomic mass is 16.5. The Labute approximate surface area is 89.5 Å². The summed E-state index contributed by atoms with van der Waals surface area (Å²) < 4.78 is 4.90. The molecule has 0 N–H and O–H groups in total. The van der Waals surface area contributed by atoms with Crippen LogP contribution in [-0.2, 0) is 14.3 Å². The van der Waals surface area contributed by atoms with Gasteiger partial charge >= 0.3 is 5.97 Å². The van der Waals surface area contributed by atoms with Gasteiger partial charge in [0, 0.05) is 12.8 Å². The van der Waals surface area contributed by atoms with E-state index in [2.05, 4.69) is 6.08 Å². The Hall–Kier alpha value is -1.12. The third-order valence-corrected chi connectivity index (χ3v) is 3.77. The van der Waals surface area contributed by atoms with Crippen LogP contribution >= 0.6 is 0 Å². The quantitative estimate of drug-likeness (QED) is 0.488. The van der Waals surface area contributed by atoms with Crippen molar-refractivity contribution in [2.75, 3.05) is 7.11 Å². The van der Waals surface area contributed by atoms with Gasteiger partial charge in [0.2, 0.25) is 0 Å². The molecule has 0 bridgehead atoms. The molecule has 2 atom stereocenters. The van der Waals surface area contributed by atoms with Gasteiger partial charge in [-0.1, -0.05) is 12.2 Å². The second-order valence-corrected chi connectivity index (χ2v) is 4.50. The molecule has 82 valence electrons. The number of ketones is 1. The minimum atomic E-state index is -0.405. The van der Waals surface area contributed by atoms with Crippen molar-refractivity contribution in [1.82, 2.24) is 0 Å². The highest BCUT2D eigenvalue weighted by molar-refractivity contribution is 5.85. The molecule has 1 fully saturated rings. The molecule has 0 spiro atoms. The highest BCUT2D eigenvalue weighted by Gasteiger charge is 2.49. The Morgan fingerprint density at radius 2 is 2.33 bits per heavy atom. The Bertz CT molecular complexity index is 319. The zero-order valence-electron chi connectivity index (χ0n) is 8.99. The monoisotopic (exact) mass is 208 g/mol. The molecule has 0 amide bonds. The number of allylic oxidation sites excluding steroid dienone is 2. The maximum atomic E-state index is 11.9. The maximum Gasteiger partial charge on any atom is 0.312 e. The molecule has 0 unspecified atom stereocenters. The summed E-state index contributed by atoms with van der Waals surface area (Å²) in [7, 11) is 1.43. The SMILES string of the molecule is COC(=O)[C@]12CC=CC[C@@H]1CC(=O)CC2. The van der Waals surface area contributed by atoms with Crippen LogP contribution in [0, 0.1) is 11.3 Å². The van der Waals surface area contributed by atoms with Gasteiger partial charge in [0.25, 0.3) is 0 Å². The molecule has 1 saturated carbocycles. The number of ether oxygens (including phenoxy) is 1. The Morgan fingerprint density at radius 3 is 3.07 bits per heavy atom. The van der Waals surface area contributed by atoms with E-state index in [0.717, 1.165) is 12.8 Å². The van der Waals surface area contributed by atoms with Crippen LogP contribution in [0.25, 0.3) is 0 Å². The molecule has 0 radical (unpaired) electrons. The van der Waals surface area contributed by atoms with Gasteiger partial charge in [-0.3, -0.25) is 9.59 Å². The van der Waals surface area contributed by atoms with Crippen molar-refractivity contribution >= 4 is 11.8 Å². The molecule has 2 rings (SSSR count). The topological polar surface area (TPSA) is 43.4 Å². The lowest BCUT2D eigenvalue weighted by atomic mass is 9.61. The number of fused-ring (bicyclic) bond motifs is 1. The van der Waals surface area contributed by atoms with Crippen LogP contribution in [-0.4, -0.2) is 18.9 Å². The zero-order valence-corrected chi connectivity index (χ0v) is 8.99. The van der Waals surface area contributed by atoms with Gasteiger partial charge in [0.05, 0.1) is 12.5 Å². The van der Waals surface area contributed by atoms with Gasteiger partial charge in [0.15, 0.2) is 0 Å². The average molecular weight is 208 g/mol. The first-order valence-electron chi connectivity index (χ1n) is 5.44. The molecule has 0 heterocycles. The van der Waals surface area contributed by atoms with Gasteiger partial charge < -0.3 is 4.74 Å². The van der Waals surface area contributed by atoms with Crippen molar-refractivity contribution in [2.24, 2.45) is 11.3 Å². The average Bonchev–Trinajstić information content (AvgIpc) is 2.28. The summed E-state index contributed by atoms with van der Waals surface area (Å²) in [5, 5.41) is 0. The number of hydrogen-bond acceptors (Lipinski definition) is 3. The molecule has 2 aliphatic carbocycles. The van der Waals surface area contributed by atoms with E-state index in [-0.39, 0.29) is 17.7 Å². The fraction of sp³-hybridized carbons (Fsp3) is 0.667. The van der Waals surface area contributed by atoms with E-state index >= 15 is 0 Å². The van der Waals surface area contributed by atoms with E-state index in [1.165, 1.54) is 7.11 Å². The van der Waals surface area contributed by atoms with Gasteiger partial charge in [-0.25, -0.2) is 0 Å². The lowest BCUT2D eigenvalue weighted by Crippen LogP contribution is -2.44. The number of methoxy groups -OCH3 is 1. The number of carbonyl (C=O) groups is 2. The smallest absolute Gasteiger partial charge is 0.312 e. The zero-order chi connectivity index (χ0) is 10.9. The van der Waals surface area contributed by atoms with Crippen LogP contribution in [0.15, 0.2) is 12.2 Å². The Balaban J connectivity index is 2.29. The molecule has 2 aliphatic rings. The van der Waals surface area contributed by atoms with Crippen LogP contribution in [0.2, 0.25) is 0 Å². The number of Topliss-reactive ketones (excluding diaryl/α,β-unsaturated/α-hetero) is 1. The number of carbonyl (C=O) groups excluding carboxylic acids is 2. The highest BCUT2D eigenvalue weighted by Crippen LogP contribution is 2.48. The van der Waals surface area contributed by atoms with Crippen molar-refractivity contribution in [1.29, 1.82) is 0 Å². The summed E-state index contributed by atoms with van der Waals surface area (Å²) in [5.74, 6) is 0.315. The lowest BCUT2D eigenvalue weighted by Gasteiger charge is -2.42. The van der Waals surface area contributed by atoms with Crippen LogP contribution in [0.4, 0.5) is 0 Å². The van der Waals surface area contributed by atoms with Crippen molar-refractivity contribution < 1.29 is 14.3 Å². The van der Waals surface area contributed by atoms with E-state index in [0.29, 0.717) is 19.3 Å². The fourth-order valence-corrected chi connectivity index (χ4v) is 2.83. The van der Waals surface area contributed by atoms with Gasteiger partial charge in [0.1, 0.15) is 5.78 Å². The van der Waals surface area contributed by atoms with E-state index < -0.39 is 5.41 Å². The molecule has 0 saturated heterocycles. The summed E-state index contributed by atoms with van der Waals surface area (Å²) in [4.78, 5) is 23.3. The lowest BCUT2D eigenvalue weighted by molar-refractivity contribution is -0.160. The molecular formula is C12H16O3. The normalized spacial score (nSPS) is 34.7. The number of rotatable bonds is 1. The third-order valence-electron chi connectivity index (χ3n) is 3.77. The van der Waals surface area contributed by atoms with Crippen LogP contribution in [0.3, 0.4) is 0 Å². The van der Waals surface area contributed by atoms with E-state index in [4.69, 9.17) is 4.74 Å². The Morgan fingerprint density at radius 1 is 1.53 bits per heavy atom. The first kappa shape index (κ1) is 10.4. The second kappa shape index (κ2) is 3.80. The minimum absolute atomic E-state index is 0.135. The summed E-state index contributed by atoms with van der Waals surface area (Å²) in [6.45, 7) is 0. The van der Waals surface area contributed by atoms with Crippen LogP contribution in [0.5, 0.6) is 0 Å². The maximum absolute atomic E-state index is 11.9. The first-order chi connectivity index (χ1) is 7.19. The predicted molar refractivity (Wildman–Crippen MR) is 55.2 cm³/mol. The van der Waals surface area contributed by atoms with E-state index in [1.807, 2.05) is 6.08 Å². The molecule has 3 nitrogen and oxygen atoms in total. The molecular weight excluding hydrogens is 192 g/mol. The number of esters is 1. The second-order valence-electron chi connectivity index (χ2n) is 4.50. The summed E-state index contributed by atoms with van der Waals surface area (Å²) >= 11 is 0. The standard InChI is InChI=1S/C12H16O3/c1-15-11(14)12-6-3-2-4-9(12)8-10(13)5-7-12/h2-3,9H,4-8H2,1H3/t9-,12+/m1/s1. The summed E-state index contributed by atoms with van der Waals surface area (Å²) in [6.07, 6.45) is 7.42. The largest absolute Gasteiger partial charge is 0.469 e. The molecule has 0 aromatic rings. The van der Waals surface area contributed by atoms with Crippen molar-refractivity contribution in [3.63, 3.8) is 0 Å². The molecule has 0 aliphatic heterocycles. The van der Waals surface area contributed by atoms with Crippen LogP contribution in [0.1, 0.15) is 32.1 Å². The van der Waals surface area contributed by atoms with Crippen molar-refractivity contribution in [2.45, 2.75) is 32.1 Å². The van der Waals surface area contributed by atoms with Crippen LogP contribution < -0.4 is 0 Å².